The van der Waals surface area contributed by atoms with E-state index in [9.17, 15) is 14.7 Å². The van der Waals surface area contributed by atoms with Crippen molar-refractivity contribution in [1.29, 1.82) is 5.26 Å². The highest BCUT2D eigenvalue weighted by atomic mass is 16.4. The van der Waals surface area contributed by atoms with Crippen LogP contribution in [-0.2, 0) is 4.79 Å². The van der Waals surface area contributed by atoms with E-state index in [1.807, 2.05) is 19.9 Å². The maximum absolute atomic E-state index is 12.4. The van der Waals surface area contributed by atoms with Crippen LogP contribution in [-0.4, -0.2) is 40.1 Å². The number of carboxylic acids is 1. The zero-order valence-corrected chi connectivity index (χ0v) is 12.9. The number of hydrogen-bond donors (Lipinski definition) is 2. The second kappa shape index (κ2) is 7.87. The van der Waals surface area contributed by atoms with Gasteiger partial charge in [0.25, 0.3) is 0 Å². The molecule has 118 valence electrons. The number of nitrogens with one attached hydrogen (secondary N) is 1. The second-order valence-electron chi connectivity index (χ2n) is 5.93. The van der Waals surface area contributed by atoms with E-state index in [4.69, 9.17) is 5.26 Å². The molecule has 0 aromatic carbocycles. The van der Waals surface area contributed by atoms with Gasteiger partial charge in [-0.25, -0.2) is 9.59 Å². The third-order valence-electron chi connectivity index (χ3n) is 4.06. The van der Waals surface area contributed by atoms with E-state index in [1.54, 1.807) is 0 Å². The Labute approximate surface area is 126 Å². The van der Waals surface area contributed by atoms with Crippen molar-refractivity contribution in [3.8, 4) is 6.07 Å². The van der Waals surface area contributed by atoms with Gasteiger partial charge < -0.3 is 15.3 Å². The van der Waals surface area contributed by atoms with Crippen molar-refractivity contribution in [3.05, 3.63) is 0 Å². The van der Waals surface area contributed by atoms with Gasteiger partial charge in [-0.15, -0.1) is 0 Å². The van der Waals surface area contributed by atoms with Crippen LogP contribution in [0.25, 0.3) is 0 Å². The fourth-order valence-corrected chi connectivity index (χ4v) is 2.77. The largest absolute Gasteiger partial charge is 0.480 e. The van der Waals surface area contributed by atoms with E-state index in [0.717, 1.165) is 25.7 Å². The van der Waals surface area contributed by atoms with Crippen LogP contribution in [0.1, 0.15) is 58.8 Å². The number of hydrogen-bond acceptors (Lipinski definition) is 3. The van der Waals surface area contributed by atoms with Gasteiger partial charge in [0.05, 0.1) is 12.5 Å². The van der Waals surface area contributed by atoms with E-state index in [2.05, 4.69) is 5.32 Å². The standard InChI is InChI=1S/C15H25N3O3/c1-12(2)18(11-7-10-16)14(21)17-15(13(19)20)8-5-3-4-6-9-15/h12H,3-9,11H2,1-2H3,(H,17,21)(H,19,20). The van der Waals surface area contributed by atoms with Gasteiger partial charge in [0.2, 0.25) is 0 Å². The highest BCUT2D eigenvalue weighted by molar-refractivity contribution is 5.86. The topological polar surface area (TPSA) is 93.4 Å². The number of nitrogens with zero attached hydrogens (tertiary/aromatic N) is 2. The lowest BCUT2D eigenvalue weighted by Gasteiger charge is -2.34. The van der Waals surface area contributed by atoms with Crippen molar-refractivity contribution < 1.29 is 14.7 Å². The van der Waals surface area contributed by atoms with Crippen LogP contribution < -0.4 is 5.32 Å². The number of amides is 2. The molecule has 0 spiro atoms. The summed E-state index contributed by atoms with van der Waals surface area (Å²) < 4.78 is 0. The molecule has 2 amide bonds. The summed E-state index contributed by atoms with van der Waals surface area (Å²) in [5.41, 5.74) is -1.16. The first-order valence-corrected chi connectivity index (χ1v) is 7.62. The van der Waals surface area contributed by atoms with E-state index in [1.165, 1.54) is 4.90 Å². The number of carbonyl (C=O) groups excluding carboxylic acids is 1. The Morgan fingerprint density at radius 2 is 1.86 bits per heavy atom. The first-order valence-electron chi connectivity index (χ1n) is 7.62. The number of rotatable bonds is 5. The summed E-state index contributed by atoms with van der Waals surface area (Å²) in [7, 11) is 0. The number of carboxylic acid groups (broad SMARTS) is 1. The summed E-state index contributed by atoms with van der Waals surface area (Å²) in [6, 6.07) is 1.56. The average Bonchev–Trinajstić information content (AvgIpc) is 2.65. The molecule has 0 saturated heterocycles. The lowest BCUT2D eigenvalue weighted by Crippen LogP contribution is -2.58. The summed E-state index contributed by atoms with van der Waals surface area (Å²) in [6.07, 6.45) is 4.82. The molecule has 6 heteroatoms. The third-order valence-corrected chi connectivity index (χ3v) is 4.06. The molecule has 1 saturated carbocycles. The van der Waals surface area contributed by atoms with Crippen LogP contribution in [0.3, 0.4) is 0 Å². The molecule has 0 bridgehead atoms. The summed E-state index contributed by atoms with van der Waals surface area (Å²) >= 11 is 0. The van der Waals surface area contributed by atoms with E-state index >= 15 is 0 Å². The predicted octanol–water partition coefficient (Wildman–Crippen LogP) is 2.50. The molecule has 1 rings (SSSR count). The van der Waals surface area contributed by atoms with Gasteiger partial charge in [0.15, 0.2) is 0 Å². The minimum absolute atomic E-state index is 0.0741. The molecule has 0 aromatic heterocycles. The Kier molecular flexibility index (Phi) is 6.47. The van der Waals surface area contributed by atoms with Crippen molar-refractivity contribution in [2.45, 2.75) is 70.4 Å². The minimum atomic E-state index is -1.16. The molecule has 0 radical (unpaired) electrons. The molecular weight excluding hydrogens is 270 g/mol. The highest BCUT2D eigenvalue weighted by Crippen LogP contribution is 2.28. The average molecular weight is 295 g/mol. The van der Waals surface area contributed by atoms with Gasteiger partial charge in [-0.1, -0.05) is 25.7 Å². The van der Waals surface area contributed by atoms with Crippen molar-refractivity contribution >= 4 is 12.0 Å². The normalized spacial score (nSPS) is 17.6. The first kappa shape index (κ1) is 17.3. The third kappa shape index (κ3) is 4.62. The van der Waals surface area contributed by atoms with Crippen LogP contribution in [0.2, 0.25) is 0 Å². The summed E-state index contributed by atoms with van der Waals surface area (Å²) in [5, 5.41) is 21.0. The van der Waals surface area contributed by atoms with Gasteiger partial charge >= 0.3 is 12.0 Å². The molecule has 0 unspecified atom stereocenters. The maximum Gasteiger partial charge on any atom is 0.329 e. The Hall–Kier alpha value is -1.77. The molecule has 0 heterocycles. The van der Waals surface area contributed by atoms with E-state index in [-0.39, 0.29) is 18.5 Å². The van der Waals surface area contributed by atoms with Gasteiger partial charge in [-0.3, -0.25) is 0 Å². The molecule has 1 aliphatic carbocycles. The zero-order chi connectivity index (χ0) is 15.9. The van der Waals surface area contributed by atoms with Gasteiger partial charge in [0.1, 0.15) is 5.54 Å². The quantitative estimate of drug-likeness (QED) is 0.762. The number of carbonyl (C=O) groups is 2. The highest BCUT2D eigenvalue weighted by Gasteiger charge is 2.41. The summed E-state index contributed by atoms with van der Waals surface area (Å²) in [4.78, 5) is 25.6. The summed E-state index contributed by atoms with van der Waals surface area (Å²) in [6.45, 7) is 4.03. The number of aliphatic carboxylic acids is 1. The molecular formula is C15H25N3O3. The molecule has 0 aliphatic heterocycles. The monoisotopic (exact) mass is 295 g/mol. The Bertz CT molecular complexity index is 407. The smallest absolute Gasteiger partial charge is 0.329 e. The van der Waals surface area contributed by atoms with Crippen molar-refractivity contribution in [2.75, 3.05) is 6.54 Å². The zero-order valence-electron chi connectivity index (χ0n) is 12.9. The molecule has 21 heavy (non-hydrogen) atoms. The minimum Gasteiger partial charge on any atom is -0.480 e. The first-order chi connectivity index (χ1) is 9.93. The number of nitriles is 1. The van der Waals surface area contributed by atoms with Gasteiger partial charge in [-0.05, 0) is 26.7 Å². The SMILES string of the molecule is CC(C)N(CCC#N)C(=O)NC1(C(=O)O)CCCCCC1. The van der Waals surface area contributed by atoms with Gasteiger partial charge in [-0.2, -0.15) is 5.26 Å². The van der Waals surface area contributed by atoms with Crippen molar-refractivity contribution in [1.82, 2.24) is 10.2 Å². The molecule has 6 nitrogen and oxygen atoms in total. The van der Waals surface area contributed by atoms with E-state index in [0.29, 0.717) is 19.4 Å². The van der Waals surface area contributed by atoms with E-state index < -0.39 is 11.5 Å². The molecule has 1 aliphatic rings. The summed E-state index contributed by atoms with van der Waals surface area (Å²) in [5.74, 6) is -0.957. The predicted molar refractivity (Wildman–Crippen MR) is 78.7 cm³/mol. The van der Waals surface area contributed by atoms with Crippen LogP contribution in [0.15, 0.2) is 0 Å². The van der Waals surface area contributed by atoms with Crippen LogP contribution in [0.5, 0.6) is 0 Å². The molecule has 2 N–H and O–H groups in total. The van der Waals surface area contributed by atoms with Crippen LogP contribution in [0.4, 0.5) is 4.79 Å². The van der Waals surface area contributed by atoms with Crippen LogP contribution in [0, 0.1) is 11.3 Å². The lowest BCUT2D eigenvalue weighted by molar-refractivity contribution is -0.145. The number of urea groups is 1. The Balaban J connectivity index is 2.83. The fraction of sp³-hybridized carbons (Fsp3) is 0.800. The molecule has 1 fully saturated rings. The van der Waals surface area contributed by atoms with Crippen LogP contribution >= 0.6 is 0 Å². The molecule has 0 aromatic rings. The molecule has 0 atom stereocenters. The second-order valence-corrected chi connectivity index (χ2v) is 5.93. The fourth-order valence-electron chi connectivity index (χ4n) is 2.77. The Morgan fingerprint density at radius 3 is 2.29 bits per heavy atom. The van der Waals surface area contributed by atoms with Crippen molar-refractivity contribution in [2.24, 2.45) is 0 Å². The maximum atomic E-state index is 12.4. The lowest BCUT2D eigenvalue weighted by atomic mass is 9.90. The van der Waals surface area contributed by atoms with Gasteiger partial charge in [0, 0.05) is 12.6 Å². The Morgan fingerprint density at radius 1 is 1.29 bits per heavy atom. The van der Waals surface area contributed by atoms with Crippen molar-refractivity contribution in [3.63, 3.8) is 0 Å².